The fraction of sp³-hybridized carbons (Fsp3) is 0.214. The van der Waals surface area contributed by atoms with Gasteiger partial charge in [-0.1, -0.05) is 0 Å². The number of nitrogens with two attached hydrogens (primary N) is 1. The van der Waals surface area contributed by atoms with E-state index in [2.05, 4.69) is 4.98 Å². The van der Waals surface area contributed by atoms with Gasteiger partial charge in [-0.25, -0.2) is 4.39 Å². The summed E-state index contributed by atoms with van der Waals surface area (Å²) in [6.07, 6.45) is 2.71. The Morgan fingerprint density at radius 1 is 1.16 bits per heavy atom. The molecule has 1 aromatic heterocycles. The summed E-state index contributed by atoms with van der Waals surface area (Å²) in [6.45, 7) is 0.275. The monoisotopic (exact) mass is 262 g/mol. The van der Waals surface area contributed by atoms with Crippen LogP contribution in [0.5, 0.6) is 11.5 Å². The van der Waals surface area contributed by atoms with Gasteiger partial charge in [0.15, 0.2) is 11.5 Å². The van der Waals surface area contributed by atoms with E-state index in [1.54, 1.807) is 25.3 Å². The maximum atomic E-state index is 13.8. The standard InChI is InChI=1S/C14H15FN2O2/c1-18-13-5-9(7-16)11(6-14(13)19-2)10-3-4-17-8-12(10)15/h3-6,8H,7,16H2,1-2H3. The third kappa shape index (κ3) is 2.51. The molecule has 0 saturated heterocycles. The van der Waals surface area contributed by atoms with Gasteiger partial charge in [-0.15, -0.1) is 0 Å². The molecule has 2 aromatic rings. The number of nitrogens with zero attached hydrogens (tertiary/aromatic N) is 1. The summed E-state index contributed by atoms with van der Waals surface area (Å²) in [5.41, 5.74) is 7.62. The van der Waals surface area contributed by atoms with E-state index in [1.165, 1.54) is 19.5 Å². The second kappa shape index (κ2) is 5.67. The average molecular weight is 262 g/mol. The number of hydrogen-bond acceptors (Lipinski definition) is 4. The maximum Gasteiger partial charge on any atom is 0.161 e. The van der Waals surface area contributed by atoms with E-state index < -0.39 is 5.82 Å². The fourth-order valence-electron chi connectivity index (χ4n) is 1.93. The quantitative estimate of drug-likeness (QED) is 0.919. The Kier molecular flexibility index (Phi) is 3.97. The number of rotatable bonds is 4. The lowest BCUT2D eigenvalue weighted by molar-refractivity contribution is 0.354. The molecule has 0 radical (unpaired) electrons. The van der Waals surface area contributed by atoms with Crippen molar-refractivity contribution in [1.82, 2.24) is 4.98 Å². The van der Waals surface area contributed by atoms with Crippen LogP contribution >= 0.6 is 0 Å². The number of hydrogen-bond donors (Lipinski definition) is 1. The van der Waals surface area contributed by atoms with Crippen LogP contribution in [0, 0.1) is 5.82 Å². The van der Waals surface area contributed by atoms with Gasteiger partial charge in [-0.3, -0.25) is 4.98 Å². The molecule has 0 aliphatic rings. The van der Waals surface area contributed by atoms with Crippen LogP contribution in [0.2, 0.25) is 0 Å². The Balaban J connectivity index is 2.65. The molecular formula is C14H15FN2O2. The molecule has 4 nitrogen and oxygen atoms in total. The minimum absolute atomic E-state index is 0.275. The summed E-state index contributed by atoms with van der Waals surface area (Å²) < 4.78 is 24.3. The number of methoxy groups -OCH3 is 2. The summed E-state index contributed by atoms with van der Waals surface area (Å²) in [7, 11) is 3.08. The minimum atomic E-state index is -0.399. The fourth-order valence-corrected chi connectivity index (χ4v) is 1.93. The van der Waals surface area contributed by atoms with Crippen molar-refractivity contribution in [1.29, 1.82) is 0 Å². The third-order valence-corrected chi connectivity index (χ3v) is 2.89. The lowest BCUT2D eigenvalue weighted by Crippen LogP contribution is -2.02. The highest BCUT2D eigenvalue weighted by atomic mass is 19.1. The third-order valence-electron chi connectivity index (χ3n) is 2.89. The summed E-state index contributed by atoms with van der Waals surface area (Å²) in [5, 5.41) is 0. The topological polar surface area (TPSA) is 57.4 Å². The lowest BCUT2D eigenvalue weighted by Gasteiger charge is -2.14. The summed E-state index contributed by atoms with van der Waals surface area (Å²) in [5.74, 6) is 0.705. The van der Waals surface area contributed by atoms with Crippen molar-refractivity contribution in [3.8, 4) is 22.6 Å². The highest BCUT2D eigenvalue weighted by Gasteiger charge is 2.14. The zero-order valence-corrected chi connectivity index (χ0v) is 10.8. The number of halogens is 1. The molecule has 0 saturated carbocycles. The molecule has 0 amide bonds. The van der Waals surface area contributed by atoms with Crippen LogP contribution in [0.15, 0.2) is 30.6 Å². The first-order chi connectivity index (χ1) is 9.21. The van der Waals surface area contributed by atoms with Crippen molar-refractivity contribution in [2.75, 3.05) is 14.2 Å². The van der Waals surface area contributed by atoms with Gasteiger partial charge in [0, 0.05) is 18.3 Å². The van der Waals surface area contributed by atoms with Crippen molar-refractivity contribution >= 4 is 0 Å². The normalized spacial score (nSPS) is 10.3. The summed E-state index contributed by atoms with van der Waals surface area (Å²) in [4.78, 5) is 3.74. The van der Waals surface area contributed by atoms with Gasteiger partial charge >= 0.3 is 0 Å². The first-order valence-electron chi connectivity index (χ1n) is 5.76. The van der Waals surface area contributed by atoms with Crippen LogP contribution in [-0.4, -0.2) is 19.2 Å². The van der Waals surface area contributed by atoms with E-state index in [0.29, 0.717) is 22.6 Å². The molecule has 19 heavy (non-hydrogen) atoms. The molecule has 0 unspecified atom stereocenters. The van der Waals surface area contributed by atoms with Crippen molar-refractivity contribution < 1.29 is 13.9 Å². The maximum absolute atomic E-state index is 13.8. The highest BCUT2D eigenvalue weighted by Crippen LogP contribution is 2.36. The van der Waals surface area contributed by atoms with Crippen molar-refractivity contribution in [2.45, 2.75) is 6.54 Å². The smallest absolute Gasteiger partial charge is 0.161 e. The molecule has 100 valence electrons. The molecule has 0 aliphatic heterocycles. The van der Waals surface area contributed by atoms with Gasteiger partial charge in [0.05, 0.1) is 20.4 Å². The predicted octanol–water partition coefficient (Wildman–Crippen LogP) is 2.36. The first kappa shape index (κ1) is 13.3. The Labute approximate surface area is 111 Å². The lowest BCUT2D eigenvalue weighted by atomic mass is 9.99. The van der Waals surface area contributed by atoms with E-state index >= 15 is 0 Å². The van der Waals surface area contributed by atoms with Crippen LogP contribution in [-0.2, 0) is 6.54 Å². The molecule has 5 heteroatoms. The van der Waals surface area contributed by atoms with Gasteiger partial charge in [-0.2, -0.15) is 0 Å². The molecule has 0 fully saturated rings. The largest absolute Gasteiger partial charge is 0.493 e. The number of benzene rings is 1. The molecule has 0 spiro atoms. The zero-order valence-electron chi connectivity index (χ0n) is 10.8. The van der Waals surface area contributed by atoms with Crippen molar-refractivity contribution in [3.63, 3.8) is 0 Å². The number of aromatic nitrogens is 1. The van der Waals surface area contributed by atoms with E-state index in [9.17, 15) is 4.39 Å². The Morgan fingerprint density at radius 3 is 2.42 bits per heavy atom. The molecule has 2 N–H and O–H groups in total. The first-order valence-corrected chi connectivity index (χ1v) is 5.76. The van der Waals surface area contributed by atoms with Crippen LogP contribution in [0.4, 0.5) is 4.39 Å². The number of pyridine rings is 1. The van der Waals surface area contributed by atoms with Crippen LogP contribution < -0.4 is 15.2 Å². The molecule has 1 heterocycles. The summed E-state index contributed by atoms with van der Waals surface area (Å²) >= 11 is 0. The van der Waals surface area contributed by atoms with E-state index in [4.69, 9.17) is 15.2 Å². The van der Waals surface area contributed by atoms with Gasteiger partial charge in [0.1, 0.15) is 5.82 Å². The predicted molar refractivity (Wildman–Crippen MR) is 70.6 cm³/mol. The van der Waals surface area contributed by atoms with Gasteiger partial charge < -0.3 is 15.2 Å². The molecule has 2 rings (SSSR count). The minimum Gasteiger partial charge on any atom is -0.493 e. The van der Waals surface area contributed by atoms with E-state index in [1.807, 2.05) is 0 Å². The molecule has 0 atom stereocenters. The second-order valence-electron chi connectivity index (χ2n) is 3.92. The Morgan fingerprint density at radius 2 is 1.84 bits per heavy atom. The van der Waals surface area contributed by atoms with Crippen LogP contribution in [0.25, 0.3) is 11.1 Å². The van der Waals surface area contributed by atoms with Gasteiger partial charge in [0.2, 0.25) is 0 Å². The van der Waals surface area contributed by atoms with Crippen molar-refractivity contribution in [3.05, 3.63) is 42.0 Å². The van der Waals surface area contributed by atoms with Crippen molar-refractivity contribution in [2.24, 2.45) is 5.73 Å². The molecule has 0 aliphatic carbocycles. The Bertz CT molecular complexity index is 588. The summed E-state index contributed by atoms with van der Waals surface area (Å²) in [6, 6.07) is 5.09. The Hall–Kier alpha value is -2.14. The zero-order chi connectivity index (χ0) is 13.8. The SMILES string of the molecule is COc1cc(CN)c(-c2ccncc2F)cc1OC. The molecule has 0 bridgehead atoms. The van der Waals surface area contributed by atoms with E-state index in [-0.39, 0.29) is 6.54 Å². The van der Waals surface area contributed by atoms with Crippen LogP contribution in [0.3, 0.4) is 0 Å². The highest BCUT2D eigenvalue weighted by molar-refractivity contribution is 5.71. The van der Waals surface area contributed by atoms with Gasteiger partial charge in [0.25, 0.3) is 0 Å². The molecular weight excluding hydrogens is 247 g/mol. The van der Waals surface area contributed by atoms with Crippen LogP contribution in [0.1, 0.15) is 5.56 Å². The van der Waals surface area contributed by atoms with E-state index in [0.717, 1.165) is 5.56 Å². The number of ether oxygens (including phenoxy) is 2. The van der Waals surface area contributed by atoms with Gasteiger partial charge in [-0.05, 0) is 29.3 Å². The second-order valence-corrected chi connectivity index (χ2v) is 3.92. The molecule has 1 aromatic carbocycles. The average Bonchev–Trinajstić information content (AvgIpc) is 2.46.